The minimum absolute atomic E-state index is 0. The van der Waals surface area contributed by atoms with Crippen molar-refractivity contribution in [2.45, 2.75) is 25.4 Å². The second-order valence-electron chi connectivity index (χ2n) is 6.37. The van der Waals surface area contributed by atoms with E-state index in [0.717, 1.165) is 32.4 Å². The molecule has 142 valence electrons. The standard InChI is InChI=1S/C16H20F3N3O.2ClH/c17-16(18,19)10-21-12-3-1-2-4-13(12)22-14(23)11-9-15(11)5-7-20-8-6-15;;/h1-4,11,20-21H,5-10H2,(H,22,23);2*1H. The van der Waals surface area contributed by atoms with Crippen LogP contribution in [0.5, 0.6) is 0 Å². The number of hydrogen-bond donors (Lipinski definition) is 3. The smallest absolute Gasteiger partial charge is 0.375 e. The van der Waals surface area contributed by atoms with Gasteiger partial charge in [-0.05, 0) is 49.9 Å². The third kappa shape index (κ3) is 5.39. The number of nitrogens with one attached hydrogen (secondary N) is 3. The third-order valence-corrected chi connectivity index (χ3v) is 4.77. The molecule has 25 heavy (non-hydrogen) atoms. The normalized spacial score (nSPS) is 20.8. The van der Waals surface area contributed by atoms with Gasteiger partial charge in [-0.1, -0.05) is 12.1 Å². The lowest BCUT2D eigenvalue weighted by Crippen LogP contribution is -2.31. The molecule has 1 aliphatic heterocycles. The number of anilines is 2. The molecule has 1 heterocycles. The maximum atomic E-state index is 12.4. The van der Waals surface area contributed by atoms with Crippen LogP contribution in [0.25, 0.3) is 0 Å². The predicted molar refractivity (Wildman–Crippen MR) is 96.8 cm³/mol. The van der Waals surface area contributed by atoms with E-state index < -0.39 is 12.7 Å². The topological polar surface area (TPSA) is 53.2 Å². The number of halogens is 5. The van der Waals surface area contributed by atoms with Gasteiger partial charge in [0.05, 0.1) is 11.4 Å². The minimum Gasteiger partial charge on any atom is -0.375 e. The highest BCUT2D eigenvalue weighted by molar-refractivity contribution is 5.97. The number of hydrogen-bond acceptors (Lipinski definition) is 3. The fraction of sp³-hybridized carbons (Fsp3) is 0.562. The number of para-hydroxylation sites is 2. The summed E-state index contributed by atoms with van der Waals surface area (Å²) in [6.45, 7) is 0.722. The van der Waals surface area contributed by atoms with Gasteiger partial charge in [0.2, 0.25) is 5.91 Å². The van der Waals surface area contributed by atoms with Gasteiger partial charge in [-0.3, -0.25) is 4.79 Å². The van der Waals surface area contributed by atoms with Crippen LogP contribution in [0.4, 0.5) is 24.5 Å². The van der Waals surface area contributed by atoms with Crippen molar-refractivity contribution in [2.75, 3.05) is 30.3 Å². The fourth-order valence-electron chi connectivity index (χ4n) is 3.36. The summed E-state index contributed by atoms with van der Waals surface area (Å²) in [5, 5.41) is 8.41. The van der Waals surface area contributed by atoms with Crippen molar-refractivity contribution in [1.82, 2.24) is 5.32 Å². The van der Waals surface area contributed by atoms with Gasteiger partial charge in [-0.15, -0.1) is 24.8 Å². The van der Waals surface area contributed by atoms with Crippen LogP contribution < -0.4 is 16.0 Å². The molecular formula is C16H22Cl2F3N3O. The second-order valence-corrected chi connectivity index (χ2v) is 6.37. The van der Waals surface area contributed by atoms with E-state index in [1.165, 1.54) is 6.07 Å². The molecule has 1 aliphatic carbocycles. The second kappa shape index (κ2) is 8.47. The van der Waals surface area contributed by atoms with E-state index in [0.29, 0.717) is 5.69 Å². The largest absolute Gasteiger partial charge is 0.405 e. The Morgan fingerprint density at radius 1 is 1.16 bits per heavy atom. The molecule has 1 aromatic rings. The number of benzene rings is 1. The van der Waals surface area contributed by atoms with Crippen molar-refractivity contribution in [3.05, 3.63) is 24.3 Å². The van der Waals surface area contributed by atoms with Crippen LogP contribution in [0, 0.1) is 11.3 Å². The molecule has 3 rings (SSSR count). The average Bonchev–Trinajstić information content (AvgIpc) is 3.19. The summed E-state index contributed by atoms with van der Waals surface area (Å²) in [7, 11) is 0. The van der Waals surface area contributed by atoms with Gasteiger partial charge >= 0.3 is 6.18 Å². The zero-order valence-corrected chi connectivity index (χ0v) is 15.1. The molecule has 9 heteroatoms. The van der Waals surface area contributed by atoms with Crippen molar-refractivity contribution in [1.29, 1.82) is 0 Å². The molecule has 1 atom stereocenters. The van der Waals surface area contributed by atoms with Crippen LogP contribution in [-0.2, 0) is 4.79 Å². The van der Waals surface area contributed by atoms with Crippen LogP contribution in [0.1, 0.15) is 19.3 Å². The van der Waals surface area contributed by atoms with Crippen LogP contribution in [0.3, 0.4) is 0 Å². The highest BCUT2D eigenvalue weighted by Crippen LogP contribution is 2.58. The molecule has 4 nitrogen and oxygen atoms in total. The SMILES string of the molecule is Cl.Cl.O=C(Nc1ccccc1NCC(F)(F)F)C1CC12CCNCC2. The first-order chi connectivity index (χ1) is 10.9. The molecule has 1 amide bonds. The van der Waals surface area contributed by atoms with E-state index >= 15 is 0 Å². The van der Waals surface area contributed by atoms with Crippen molar-refractivity contribution >= 4 is 42.1 Å². The maximum absolute atomic E-state index is 12.4. The molecule has 0 aromatic heterocycles. The summed E-state index contributed by atoms with van der Waals surface area (Å²) in [4.78, 5) is 12.4. The van der Waals surface area contributed by atoms with Crippen molar-refractivity contribution < 1.29 is 18.0 Å². The molecule has 0 radical (unpaired) electrons. The molecule has 1 saturated carbocycles. The summed E-state index contributed by atoms with van der Waals surface area (Å²) in [5.41, 5.74) is 0.792. The number of carbonyl (C=O) groups excluding carboxylic acids is 1. The molecule has 1 aromatic carbocycles. The Hall–Kier alpha value is -1.18. The molecule has 0 bridgehead atoms. The predicted octanol–water partition coefficient (Wildman–Crippen LogP) is 3.83. The highest BCUT2D eigenvalue weighted by Gasteiger charge is 2.57. The number of piperidine rings is 1. The Bertz CT molecular complexity index is 592. The van der Waals surface area contributed by atoms with Crippen LogP contribution in [0.15, 0.2) is 24.3 Å². The Morgan fingerprint density at radius 3 is 2.36 bits per heavy atom. The highest BCUT2D eigenvalue weighted by atomic mass is 35.5. The Morgan fingerprint density at radius 2 is 1.76 bits per heavy atom. The van der Waals surface area contributed by atoms with E-state index in [1.807, 2.05) is 0 Å². The quantitative estimate of drug-likeness (QED) is 0.720. The first-order valence-electron chi connectivity index (χ1n) is 7.81. The summed E-state index contributed by atoms with van der Waals surface area (Å²) in [6.07, 6.45) is -1.45. The van der Waals surface area contributed by atoms with Gasteiger partial charge in [0.1, 0.15) is 6.54 Å². The van der Waals surface area contributed by atoms with Crippen LogP contribution in [0.2, 0.25) is 0 Å². The Balaban J connectivity index is 0.00000156. The Kier molecular flexibility index (Phi) is 7.40. The zero-order chi connectivity index (χ0) is 16.5. The molecule has 2 fully saturated rings. The van der Waals surface area contributed by atoms with Gasteiger partial charge in [0.15, 0.2) is 0 Å². The molecule has 1 spiro atoms. The molecule has 3 N–H and O–H groups in total. The number of rotatable bonds is 4. The lowest BCUT2D eigenvalue weighted by atomic mass is 9.92. The van der Waals surface area contributed by atoms with Crippen molar-refractivity contribution in [3.8, 4) is 0 Å². The van der Waals surface area contributed by atoms with Gasteiger partial charge in [0, 0.05) is 5.92 Å². The molecule has 2 aliphatic rings. The van der Waals surface area contributed by atoms with Crippen molar-refractivity contribution in [2.24, 2.45) is 11.3 Å². The molecular weight excluding hydrogens is 378 g/mol. The minimum atomic E-state index is -4.30. The monoisotopic (exact) mass is 399 g/mol. The Labute approximate surface area is 157 Å². The molecule has 1 saturated heterocycles. The zero-order valence-electron chi connectivity index (χ0n) is 13.5. The molecule has 1 unspecified atom stereocenters. The van der Waals surface area contributed by atoms with Gasteiger partial charge in [-0.25, -0.2) is 0 Å². The van der Waals surface area contributed by atoms with E-state index in [2.05, 4.69) is 16.0 Å². The summed E-state index contributed by atoms with van der Waals surface area (Å²) < 4.78 is 37.1. The number of carbonyl (C=O) groups is 1. The maximum Gasteiger partial charge on any atom is 0.405 e. The van der Waals surface area contributed by atoms with Crippen molar-refractivity contribution in [3.63, 3.8) is 0 Å². The fourth-order valence-corrected chi connectivity index (χ4v) is 3.36. The van der Waals surface area contributed by atoms with Gasteiger partial charge in [0.25, 0.3) is 0 Å². The average molecular weight is 400 g/mol. The summed E-state index contributed by atoms with van der Waals surface area (Å²) >= 11 is 0. The number of alkyl halides is 3. The van der Waals surface area contributed by atoms with E-state index in [1.54, 1.807) is 18.2 Å². The number of amides is 1. The van der Waals surface area contributed by atoms with E-state index in [4.69, 9.17) is 0 Å². The summed E-state index contributed by atoms with van der Waals surface area (Å²) in [5.74, 6) is -0.117. The van der Waals surface area contributed by atoms with E-state index in [9.17, 15) is 18.0 Å². The lowest BCUT2D eigenvalue weighted by molar-refractivity contribution is -0.118. The van der Waals surface area contributed by atoms with Crippen LogP contribution in [-0.4, -0.2) is 31.7 Å². The third-order valence-electron chi connectivity index (χ3n) is 4.77. The first kappa shape index (κ1) is 21.9. The first-order valence-corrected chi connectivity index (χ1v) is 7.81. The van der Waals surface area contributed by atoms with E-state index in [-0.39, 0.29) is 47.7 Å². The van der Waals surface area contributed by atoms with Crippen LogP contribution >= 0.6 is 24.8 Å². The van der Waals surface area contributed by atoms with Gasteiger partial charge in [-0.2, -0.15) is 13.2 Å². The summed E-state index contributed by atoms with van der Waals surface area (Å²) in [6, 6.07) is 6.49. The lowest BCUT2D eigenvalue weighted by Gasteiger charge is -2.23. The van der Waals surface area contributed by atoms with Gasteiger partial charge < -0.3 is 16.0 Å².